The van der Waals surface area contributed by atoms with Gasteiger partial charge in [0.2, 0.25) is 0 Å². The van der Waals surface area contributed by atoms with Crippen molar-refractivity contribution < 1.29 is 17.9 Å². The maximum atomic E-state index is 13.6. The van der Waals surface area contributed by atoms with Gasteiger partial charge in [0, 0.05) is 29.6 Å². The van der Waals surface area contributed by atoms with Crippen molar-refractivity contribution in [2.45, 2.75) is 29.0 Å². The highest BCUT2D eigenvalue weighted by Crippen LogP contribution is 2.45. The van der Waals surface area contributed by atoms with Crippen molar-refractivity contribution in [3.8, 4) is 0 Å². The maximum Gasteiger partial charge on any atom is 0.417 e. The van der Waals surface area contributed by atoms with Crippen molar-refractivity contribution in [2.24, 2.45) is 0 Å². The predicted octanol–water partition coefficient (Wildman–Crippen LogP) is 7.09. The molecule has 3 aromatic carbocycles. The number of nitrogens with zero attached hydrogens (tertiary/aromatic N) is 1. The molecule has 0 unspecified atom stereocenters. The SMILES string of the molecule is FC(F)(F)c1ccccc1S[C@H](c1ccc(Cl)cc1)[C@H]1CN(Cc2ccccc2)CCO1. The second kappa shape index (κ2) is 10.3. The number of rotatable bonds is 6. The molecule has 7 heteroatoms. The molecule has 3 aromatic rings. The van der Waals surface area contributed by atoms with E-state index in [2.05, 4.69) is 17.0 Å². The summed E-state index contributed by atoms with van der Waals surface area (Å²) in [7, 11) is 0. The Labute approximate surface area is 195 Å². The molecule has 1 aliphatic rings. The summed E-state index contributed by atoms with van der Waals surface area (Å²) in [6.45, 7) is 2.72. The number of ether oxygens (including phenoxy) is 1. The molecule has 4 rings (SSSR count). The van der Waals surface area contributed by atoms with E-state index in [4.69, 9.17) is 16.3 Å². The molecular weight excluding hydrogens is 455 g/mol. The number of hydrogen-bond acceptors (Lipinski definition) is 3. The van der Waals surface area contributed by atoms with E-state index >= 15 is 0 Å². The second-order valence-electron chi connectivity index (χ2n) is 7.71. The van der Waals surface area contributed by atoms with Crippen molar-refractivity contribution in [3.05, 3.63) is 101 Å². The first kappa shape index (κ1) is 23.2. The molecule has 0 N–H and O–H groups in total. The van der Waals surface area contributed by atoms with Crippen LogP contribution in [0.5, 0.6) is 0 Å². The van der Waals surface area contributed by atoms with Gasteiger partial charge in [-0.2, -0.15) is 13.2 Å². The predicted molar refractivity (Wildman–Crippen MR) is 123 cm³/mol. The zero-order valence-corrected chi connectivity index (χ0v) is 18.8. The number of benzene rings is 3. The largest absolute Gasteiger partial charge is 0.417 e. The lowest BCUT2D eigenvalue weighted by atomic mass is 10.1. The highest BCUT2D eigenvalue weighted by atomic mass is 35.5. The minimum atomic E-state index is -4.42. The Morgan fingerprint density at radius 3 is 2.38 bits per heavy atom. The van der Waals surface area contributed by atoms with E-state index in [1.165, 1.54) is 29.5 Å². The topological polar surface area (TPSA) is 12.5 Å². The van der Waals surface area contributed by atoms with Gasteiger partial charge >= 0.3 is 6.18 Å². The lowest BCUT2D eigenvalue weighted by molar-refractivity contribution is -0.139. The van der Waals surface area contributed by atoms with Gasteiger partial charge in [0.1, 0.15) is 0 Å². The smallest absolute Gasteiger partial charge is 0.374 e. The van der Waals surface area contributed by atoms with Gasteiger partial charge in [-0.25, -0.2) is 0 Å². The standard InChI is InChI=1S/C25H23ClF3NOS/c26-20-12-10-19(11-13-20)24(32-23-9-5-4-8-21(23)25(27,28)29)22-17-30(14-15-31-22)16-18-6-2-1-3-7-18/h1-13,22,24H,14-17H2/t22-,24-/m1/s1. The number of halogens is 4. The van der Waals surface area contributed by atoms with Crippen LogP contribution in [0.4, 0.5) is 13.2 Å². The zero-order chi connectivity index (χ0) is 22.6. The Hall–Kier alpha value is -1.99. The quantitative estimate of drug-likeness (QED) is 0.351. The first-order chi connectivity index (χ1) is 15.4. The molecule has 0 amide bonds. The van der Waals surface area contributed by atoms with E-state index in [0.29, 0.717) is 18.2 Å². The van der Waals surface area contributed by atoms with Crippen LogP contribution in [0.3, 0.4) is 0 Å². The summed E-state index contributed by atoms with van der Waals surface area (Å²) >= 11 is 7.27. The van der Waals surface area contributed by atoms with Crippen LogP contribution in [0.15, 0.2) is 83.8 Å². The number of morpholine rings is 1. The lowest BCUT2D eigenvalue weighted by Gasteiger charge is -2.37. The summed E-state index contributed by atoms with van der Waals surface area (Å²) < 4.78 is 47.0. The third-order valence-electron chi connectivity index (χ3n) is 5.41. The van der Waals surface area contributed by atoms with Gasteiger partial charge in [0.25, 0.3) is 0 Å². The van der Waals surface area contributed by atoms with Gasteiger partial charge in [-0.05, 0) is 35.4 Å². The third-order valence-corrected chi connectivity index (χ3v) is 7.10. The van der Waals surface area contributed by atoms with Crippen LogP contribution < -0.4 is 0 Å². The number of hydrogen-bond donors (Lipinski definition) is 0. The number of alkyl halides is 3. The minimum absolute atomic E-state index is 0.198. The minimum Gasteiger partial charge on any atom is -0.374 e. The fourth-order valence-corrected chi connectivity index (χ4v) is 5.33. The average Bonchev–Trinajstić information content (AvgIpc) is 2.79. The highest BCUT2D eigenvalue weighted by molar-refractivity contribution is 7.99. The molecule has 32 heavy (non-hydrogen) atoms. The molecule has 1 aliphatic heterocycles. The molecule has 0 radical (unpaired) electrons. The molecule has 0 aromatic heterocycles. The van der Waals surface area contributed by atoms with Crippen LogP contribution in [0.2, 0.25) is 5.02 Å². The first-order valence-corrected chi connectivity index (χ1v) is 11.6. The Kier molecular flexibility index (Phi) is 7.46. The molecule has 0 aliphatic carbocycles. The molecule has 1 saturated heterocycles. The van der Waals surface area contributed by atoms with Crippen molar-refractivity contribution in [1.29, 1.82) is 0 Å². The average molecular weight is 478 g/mol. The molecule has 0 bridgehead atoms. The molecule has 1 heterocycles. The second-order valence-corrected chi connectivity index (χ2v) is 9.33. The summed E-state index contributed by atoms with van der Waals surface area (Å²) in [4.78, 5) is 2.49. The summed E-state index contributed by atoms with van der Waals surface area (Å²) in [6.07, 6.45) is -4.68. The van der Waals surface area contributed by atoms with E-state index in [9.17, 15) is 13.2 Å². The van der Waals surface area contributed by atoms with E-state index in [1.807, 2.05) is 30.3 Å². The van der Waals surface area contributed by atoms with Gasteiger partial charge in [0.05, 0.1) is 23.5 Å². The van der Waals surface area contributed by atoms with Gasteiger partial charge in [-0.1, -0.05) is 66.2 Å². The van der Waals surface area contributed by atoms with Crippen LogP contribution in [0.25, 0.3) is 0 Å². The Bertz CT molecular complexity index is 1010. The molecule has 2 nitrogen and oxygen atoms in total. The number of thioether (sulfide) groups is 1. The van der Waals surface area contributed by atoms with Crippen LogP contribution in [0, 0.1) is 0 Å². The van der Waals surface area contributed by atoms with Crippen molar-refractivity contribution in [3.63, 3.8) is 0 Å². The summed E-state index contributed by atoms with van der Waals surface area (Å²) in [5.41, 5.74) is 1.47. The molecular formula is C25H23ClF3NOS. The normalized spacial score (nSPS) is 18.4. The fourth-order valence-electron chi connectivity index (χ4n) is 3.85. The zero-order valence-electron chi connectivity index (χ0n) is 17.3. The molecule has 1 fully saturated rings. The Morgan fingerprint density at radius 1 is 0.969 bits per heavy atom. The molecule has 0 spiro atoms. The third kappa shape index (κ3) is 5.87. The van der Waals surface area contributed by atoms with Crippen LogP contribution in [0.1, 0.15) is 21.9 Å². The fraction of sp³-hybridized carbons (Fsp3) is 0.280. The van der Waals surface area contributed by atoms with Crippen LogP contribution in [-0.2, 0) is 17.5 Å². The van der Waals surface area contributed by atoms with Gasteiger partial charge in [-0.3, -0.25) is 4.90 Å². The monoisotopic (exact) mass is 477 g/mol. The van der Waals surface area contributed by atoms with Gasteiger partial charge in [0.15, 0.2) is 0 Å². The summed E-state index contributed by atoms with van der Waals surface area (Å²) in [6, 6.07) is 23.2. The highest BCUT2D eigenvalue weighted by Gasteiger charge is 2.36. The van der Waals surface area contributed by atoms with Crippen molar-refractivity contribution >= 4 is 23.4 Å². The van der Waals surface area contributed by atoms with Crippen LogP contribution in [-0.4, -0.2) is 30.7 Å². The molecule has 0 saturated carbocycles. The lowest BCUT2D eigenvalue weighted by Crippen LogP contribution is -2.44. The molecule has 168 valence electrons. The van der Waals surface area contributed by atoms with Crippen molar-refractivity contribution in [1.82, 2.24) is 4.90 Å². The summed E-state index contributed by atoms with van der Waals surface area (Å²) in [5, 5.41) is 0.276. The Morgan fingerprint density at radius 2 is 1.66 bits per heavy atom. The first-order valence-electron chi connectivity index (χ1n) is 10.4. The summed E-state index contributed by atoms with van der Waals surface area (Å²) in [5.74, 6) is 0. The van der Waals surface area contributed by atoms with E-state index in [-0.39, 0.29) is 16.2 Å². The molecule has 2 atom stereocenters. The van der Waals surface area contributed by atoms with E-state index < -0.39 is 11.7 Å². The van der Waals surface area contributed by atoms with Crippen LogP contribution >= 0.6 is 23.4 Å². The Balaban J connectivity index is 1.61. The van der Waals surface area contributed by atoms with E-state index in [0.717, 1.165) is 24.7 Å². The van der Waals surface area contributed by atoms with Crippen molar-refractivity contribution in [2.75, 3.05) is 19.7 Å². The van der Waals surface area contributed by atoms with E-state index in [1.54, 1.807) is 18.2 Å². The van der Waals surface area contributed by atoms with Gasteiger partial charge in [-0.15, -0.1) is 11.8 Å². The maximum absolute atomic E-state index is 13.6. The van der Waals surface area contributed by atoms with Gasteiger partial charge < -0.3 is 4.74 Å².